The molecule has 0 aliphatic heterocycles. The van der Waals surface area contributed by atoms with Gasteiger partial charge in [0.1, 0.15) is 29.0 Å². The molecular formula is C16H17N5O2. The van der Waals surface area contributed by atoms with Crippen molar-refractivity contribution in [2.75, 3.05) is 17.7 Å². The highest BCUT2D eigenvalue weighted by molar-refractivity contribution is 5.62. The van der Waals surface area contributed by atoms with Gasteiger partial charge in [0.25, 0.3) is 0 Å². The summed E-state index contributed by atoms with van der Waals surface area (Å²) in [5.41, 5.74) is 0.880. The molecule has 1 aromatic carbocycles. The highest BCUT2D eigenvalue weighted by atomic mass is 16.5. The molecule has 0 amide bonds. The Hall–Kier alpha value is -3.09. The largest absolute Gasteiger partial charge is 0.497 e. The lowest BCUT2D eigenvalue weighted by atomic mass is 10.3. The van der Waals surface area contributed by atoms with Crippen molar-refractivity contribution < 1.29 is 9.26 Å². The average molecular weight is 311 g/mol. The summed E-state index contributed by atoms with van der Waals surface area (Å²) in [7, 11) is 1.63. The first-order chi connectivity index (χ1) is 11.1. The second kappa shape index (κ2) is 6.35. The normalized spacial score (nSPS) is 10.4. The van der Waals surface area contributed by atoms with Crippen molar-refractivity contribution in [2.45, 2.75) is 13.8 Å². The number of aromatic nitrogens is 3. The van der Waals surface area contributed by atoms with Gasteiger partial charge in [0, 0.05) is 23.9 Å². The fourth-order valence-corrected chi connectivity index (χ4v) is 2.10. The SMILES string of the molecule is COc1cccc(Nc2cc(Nc3cc(C)on3)nc(C)n2)c1. The van der Waals surface area contributed by atoms with E-state index in [1.165, 1.54) is 0 Å². The monoisotopic (exact) mass is 311 g/mol. The number of benzene rings is 1. The van der Waals surface area contributed by atoms with Gasteiger partial charge in [-0.2, -0.15) is 0 Å². The van der Waals surface area contributed by atoms with Crippen LogP contribution in [0.3, 0.4) is 0 Å². The molecule has 0 bridgehead atoms. The van der Waals surface area contributed by atoms with E-state index in [0.29, 0.717) is 23.3 Å². The second-order valence-corrected chi connectivity index (χ2v) is 4.99. The number of rotatable bonds is 5. The van der Waals surface area contributed by atoms with Gasteiger partial charge in [0.15, 0.2) is 5.82 Å². The molecule has 0 atom stereocenters. The summed E-state index contributed by atoms with van der Waals surface area (Å²) in [5, 5.41) is 10.2. The molecule has 0 unspecified atom stereocenters. The van der Waals surface area contributed by atoms with Gasteiger partial charge in [-0.05, 0) is 26.0 Å². The summed E-state index contributed by atoms with van der Waals surface area (Å²) >= 11 is 0. The Morgan fingerprint density at radius 2 is 1.74 bits per heavy atom. The fraction of sp³-hybridized carbons (Fsp3) is 0.188. The topological polar surface area (TPSA) is 85.1 Å². The first kappa shape index (κ1) is 14.8. The zero-order valence-corrected chi connectivity index (χ0v) is 13.1. The van der Waals surface area contributed by atoms with Gasteiger partial charge in [-0.25, -0.2) is 9.97 Å². The Balaban J connectivity index is 1.82. The molecular weight excluding hydrogens is 294 g/mol. The van der Waals surface area contributed by atoms with Crippen LogP contribution in [0.5, 0.6) is 5.75 Å². The first-order valence-electron chi connectivity index (χ1n) is 7.09. The van der Waals surface area contributed by atoms with Gasteiger partial charge in [-0.3, -0.25) is 0 Å². The van der Waals surface area contributed by atoms with Crippen LogP contribution in [0.4, 0.5) is 23.1 Å². The molecule has 3 aromatic rings. The summed E-state index contributed by atoms with van der Waals surface area (Å²) in [6.45, 7) is 3.66. The van der Waals surface area contributed by atoms with E-state index in [1.807, 2.05) is 38.1 Å². The van der Waals surface area contributed by atoms with E-state index in [0.717, 1.165) is 17.2 Å². The van der Waals surface area contributed by atoms with E-state index in [9.17, 15) is 0 Å². The molecule has 23 heavy (non-hydrogen) atoms. The Morgan fingerprint density at radius 3 is 2.43 bits per heavy atom. The minimum atomic E-state index is 0.605. The summed E-state index contributed by atoms with van der Waals surface area (Å²) in [5.74, 6) is 4.06. The van der Waals surface area contributed by atoms with Crippen molar-refractivity contribution in [1.82, 2.24) is 15.1 Å². The van der Waals surface area contributed by atoms with E-state index in [1.54, 1.807) is 19.2 Å². The van der Waals surface area contributed by atoms with Crippen LogP contribution in [0.25, 0.3) is 0 Å². The van der Waals surface area contributed by atoms with Crippen molar-refractivity contribution in [2.24, 2.45) is 0 Å². The van der Waals surface area contributed by atoms with Crippen LogP contribution in [0.1, 0.15) is 11.6 Å². The molecule has 3 rings (SSSR count). The maximum absolute atomic E-state index is 5.22. The van der Waals surface area contributed by atoms with Crippen LogP contribution in [0, 0.1) is 13.8 Å². The van der Waals surface area contributed by atoms with Crippen molar-refractivity contribution in [1.29, 1.82) is 0 Å². The maximum atomic E-state index is 5.22. The minimum absolute atomic E-state index is 0.605. The molecule has 0 radical (unpaired) electrons. The minimum Gasteiger partial charge on any atom is -0.497 e. The summed E-state index contributed by atoms with van der Waals surface area (Å²) in [6, 6.07) is 11.2. The van der Waals surface area contributed by atoms with Gasteiger partial charge in [0.2, 0.25) is 0 Å². The lowest BCUT2D eigenvalue weighted by Gasteiger charge is -2.10. The lowest BCUT2D eigenvalue weighted by molar-refractivity contribution is 0.400. The second-order valence-electron chi connectivity index (χ2n) is 4.99. The quantitative estimate of drug-likeness (QED) is 0.745. The van der Waals surface area contributed by atoms with Crippen LogP contribution >= 0.6 is 0 Å². The smallest absolute Gasteiger partial charge is 0.175 e. The summed E-state index contributed by atoms with van der Waals surface area (Å²) in [6.07, 6.45) is 0. The first-order valence-corrected chi connectivity index (χ1v) is 7.09. The molecule has 7 heteroatoms. The highest BCUT2D eigenvalue weighted by Crippen LogP contribution is 2.22. The highest BCUT2D eigenvalue weighted by Gasteiger charge is 2.06. The molecule has 2 heterocycles. The summed E-state index contributed by atoms with van der Waals surface area (Å²) < 4.78 is 10.3. The number of anilines is 4. The zero-order chi connectivity index (χ0) is 16.2. The van der Waals surface area contributed by atoms with Crippen molar-refractivity contribution in [3.8, 4) is 5.75 Å². The van der Waals surface area contributed by atoms with E-state index in [4.69, 9.17) is 9.26 Å². The number of hydrogen-bond acceptors (Lipinski definition) is 7. The van der Waals surface area contributed by atoms with Crippen molar-refractivity contribution in [3.05, 3.63) is 48.0 Å². The number of methoxy groups -OCH3 is 1. The molecule has 118 valence electrons. The Kier molecular flexibility index (Phi) is 4.09. The van der Waals surface area contributed by atoms with Crippen molar-refractivity contribution >= 4 is 23.1 Å². The fourth-order valence-electron chi connectivity index (χ4n) is 2.10. The third-order valence-electron chi connectivity index (χ3n) is 3.06. The molecule has 2 aromatic heterocycles. The van der Waals surface area contributed by atoms with Crippen LogP contribution in [0.15, 0.2) is 40.9 Å². The Morgan fingerprint density at radius 1 is 0.957 bits per heavy atom. The van der Waals surface area contributed by atoms with Gasteiger partial charge >= 0.3 is 0 Å². The molecule has 2 N–H and O–H groups in total. The van der Waals surface area contributed by atoms with Gasteiger partial charge in [0.05, 0.1) is 7.11 Å². The number of ether oxygens (including phenoxy) is 1. The van der Waals surface area contributed by atoms with E-state index < -0.39 is 0 Å². The van der Waals surface area contributed by atoms with Crippen LogP contribution < -0.4 is 15.4 Å². The molecule has 0 saturated heterocycles. The summed E-state index contributed by atoms with van der Waals surface area (Å²) in [4.78, 5) is 8.73. The molecule has 0 saturated carbocycles. The number of aryl methyl sites for hydroxylation is 2. The van der Waals surface area contributed by atoms with E-state index in [2.05, 4.69) is 25.8 Å². The van der Waals surface area contributed by atoms with E-state index in [-0.39, 0.29) is 0 Å². The number of hydrogen-bond donors (Lipinski definition) is 2. The molecule has 0 spiro atoms. The van der Waals surface area contributed by atoms with Gasteiger partial charge < -0.3 is 19.9 Å². The Labute approximate surface area is 133 Å². The number of nitrogens with zero attached hydrogens (tertiary/aromatic N) is 3. The third kappa shape index (κ3) is 3.76. The van der Waals surface area contributed by atoms with E-state index >= 15 is 0 Å². The van der Waals surface area contributed by atoms with Crippen molar-refractivity contribution in [3.63, 3.8) is 0 Å². The Bertz CT molecular complexity index is 816. The zero-order valence-electron chi connectivity index (χ0n) is 13.1. The van der Waals surface area contributed by atoms with Crippen LogP contribution in [-0.2, 0) is 0 Å². The third-order valence-corrected chi connectivity index (χ3v) is 3.06. The molecule has 0 fully saturated rings. The molecule has 7 nitrogen and oxygen atoms in total. The number of nitrogens with one attached hydrogen (secondary N) is 2. The van der Waals surface area contributed by atoms with Gasteiger partial charge in [-0.1, -0.05) is 11.2 Å². The predicted molar refractivity (Wildman–Crippen MR) is 87.6 cm³/mol. The van der Waals surface area contributed by atoms with Crippen LogP contribution in [-0.4, -0.2) is 22.2 Å². The lowest BCUT2D eigenvalue weighted by Crippen LogP contribution is -2.01. The predicted octanol–water partition coefficient (Wildman–Crippen LogP) is 3.58. The standard InChI is InChI=1S/C16H17N5O2/c1-10-7-16(21-23-10)20-15-9-14(17-11(2)18-15)19-12-5-4-6-13(8-12)22-3/h4-9H,1-3H3,(H2,17,18,19,20,21). The molecule has 0 aliphatic carbocycles. The average Bonchev–Trinajstić information content (AvgIpc) is 2.92. The van der Waals surface area contributed by atoms with Gasteiger partial charge in [-0.15, -0.1) is 0 Å². The molecule has 0 aliphatic rings. The maximum Gasteiger partial charge on any atom is 0.175 e. The van der Waals surface area contributed by atoms with Crippen LogP contribution in [0.2, 0.25) is 0 Å².